The highest BCUT2D eigenvalue weighted by Gasteiger charge is 2.32. The highest BCUT2D eigenvalue weighted by molar-refractivity contribution is 6.31. The van der Waals surface area contributed by atoms with Crippen LogP contribution in [0.5, 0.6) is 0 Å². The average molecular weight is 393 g/mol. The molecule has 0 bridgehead atoms. The Kier molecular flexibility index (Phi) is 7.72. The van der Waals surface area contributed by atoms with Gasteiger partial charge in [-0.15, -0.1) is 0 Å². The Hall–Kier alpha value is -1.55. The van der Waals surface area contributed by atoms with Crippen LogP contribution >= 0.6 is 11.6 Å². The monoisotopic (exact) mass is 392 g/mol. The Labute approximate surface area is 168 Å². The fourth-order valence-corrected chi connectivity index (χ4v) is 4.13. The van der Waals surface area contributed by atoms with Crippen molar-refractivity contribution in [2.24, 2.45) is 11.3 Å². The lowest BCUT2D eigenvalue weighted by molar-refractivity contribution is -0.142. The molecule has 1 heterocycles. The second-order valence-corrected chi connectivity index (χ2v) is 9.40. The van der Waals surface area contributed by atoms with E-state index >= 15 is 0 Å². The van der Waals surface area contributed by atoms with Crippen LogP contribution in [-0.2, 0) is 16.1 Å². The lowest BCUT2D eigenvalue weighted by atomic mass is 9.84. The van der Waals surface area contributed by atoms with Crippen LogP contribution in [0.2, 0.25) is 5.02 Å². The molecule has 0 aromatic heterocycles. The number of carbonyl (C=O) groups excluding carboxylic acids is 2. The molecule has 4 nitrogen and oxygen atoms in total. The van der Waals surface area contributed by atoms with E-state index in [-0.39, 0.29) is 23.1 Å². The van der Waals surface area contributed by atoms with Crippen molar-refractivity contribution < 1.29 is 9.59 Å². The van der Waals surface area contributed by atoms with Crippen LogP contribution in [0.25, 0.3) is 0 Å². The van der Waals surface area contributed by atoms with Gasteiger partial charge >= 0.3 is 0 Å². The molecular formula is C22H33ClN2O2. The molecule has 2 unspecified atom stereocenters. The Morgan fingerprint density at radius 3 is 2.67 bits per heavy atom. The molecule has 1 saturated heterocycles. The lowest BCUT2D eigenvalue weighted by Crippen LogP contribution is -2.48. The molecular weight excluding hydrogens is 360 g/mol. The molecule has 2 amide bonds. The van der Waals surface area contributed by atoms with Crippen molar-refractivity contribution in [3.8, 4) is 0 Å². The van der Waals surface area contributed by atoms with Crippen molar-refractivity contribution >= 4 is 23.4 Å². The van der Waals surface area contributed by atoms with Gasteiger partial charge in [0.15, 0.2) is 0 Å². The molecule has 2 atom stereocenters. The first-order valence-electron chi connectivity index (χ1n) is 9.98. The SMILES string of the molecule is CC(CC(=O)N(Cc1ccccc1Cl)C1CCCCNC1=O)CC(C)(C)C. The number of nitrogens with zero attached hydrogens (tertiary/aromatic N) is 1. The molecule has 0 spiro atoms. The molecule has 0 saturated carbocycles. The maximum atomic E-state index is 13.2. The van der Waals surface area contributed by atoms with Gasteiger partial charge < -0.3 is 10.2 Å². The zero-order valence-corrected chi connectivity index (χ0v) is 17.8. The van der Waals surface area contributed by atoms with E-state index in [1.54, 1.807) is 4.90 Å². The van der Waals surface area contributed by atoms with Crippen LogP contribution in [0.4, 0.5) is 0 Å². The van der Waals surface area contributed by atoms with Crippen molar-refractivity contribution in [1.29, 1.82) is 0 Å². The summed E-state index contributed by atoms with van der Waals surface area (Å²) in [6.07, 6.45) is 4.01. The van der Waals surface area contributed by atoms with E-state index in [1.807, 2.05) is 24.3 Å². The molecule has 2 rings (SSSR count). The number of rotatable bonds is 6. The summed E-state index contributed by atoms with van der Waals surface area (Å²) in [4.78, 5) is 27.6. The molecule has 1 aromatic rings. The summed E-state index contributed by atoms with van der Waals surface area (Å²) in [5.41, 5.74) is 1.06. The van der Waals surface area contributed by atoms with E-state index < -0.39 is 6.04 Å². The van der Waals surface area contributed by atoms with Crippen molar-refractivity contribution in [2.75, 3.05) is 6.54 Å². The summed E-state index contributed by atoms with van der Waals surface area (Å²) in [5.74, 6) is 0.255. The second-order valence-electron chi connectivity index (χ2n) is 8.99. The van der Waals surface area contributed by atoms with E-state index in [1.165, 1.54) is 0 Å². The van der Waals surface area contributed by atoms with Crippen LogP contribution in [0.15, 0.2) is 24.3 Å². The van der Waals surface area contributed by atoms with Gasteiger partial charge in [0, 0.05) is 24.5 Å². The zero-order chi connectivity index (χ0) is 20.0. The van der Waals surface area contributed by atoms with Gasteiger partial charge in [-0.1, -0.05) is 57.5 Å². The second kappa shape index (κ2) is 9.59. The van der Waals surface area contributed by atoms with Crippen LogP contribution in [-0.4, -0.2) is 29.3 Å². The highest BCUT2D eigenvalue weighted by atomic mass is 35.5. The fraction of sp³-hybridized carbons (Fsp3) is 0.636. The summed E-state index contributed by atoms with van der Waals surface area (Å²) in [6.45, 7) is 9.74. The number of nitrogens with one attached hydrogen (secondary N) is 1. The average Bonchev–Trinajstić information content (AvgIpc) is 2.76. The first-order valence-corrected chi connectivity index (χ1v) is 10.4. The molecule has 0 aliphatic carbocycles. The number of benzene rings is 1. The minimum atomic E-state index is -0.418. The number of hydrogen-bond donors (Lipinski definition) is 1. The lowest BCUT2D eigenvalue weighted by Gasteiger charge is -2.32. The van der Waals surface area contributed by atoms with Crippen LogP contribution in [0.1, 0.15) is 65.4 Å². The van der Waals surface area contributed by atoms with Gasteiger partial charge in [-0.3, -0.25) is 9.59 Å². The third kappa shape index (κ3) is 6.84. The molecule has 1 aromatic carbocycles. The highest BCUT2D eigenvalue weighted by Crippen LogP contribution is 2.28. The smallest absolute Gasteiger partial charge is 0.242 e. The maximum absolute atomic E-state index is 13.2. The predicted molar refractivity (Wildman–Crippen MR) is 111 cm³/mol. The third-order valence-electron chi connectivity index (χ3n) is 4.99. The Balaban J connectivity index is 2.21. The quantitative estimate of drug-likeness (QED) is 0.755. The number of amides is 2. The molecule has 0 radical (unpaired) electrons. The van der Waals surface area contributed by atoms with Crippen LogP contribution in [0.3, 0.4) is 0 Å². The van der Waals surface area contributed by atoms with E-state index in [9.17, 15) is 9.59 Å². The topological polar surface area (TPSA) is 49.4 Å². The van der Waals surface area contributed by atoms with Gasteiger partial charge in [0.05, 0.1) is 0 Å². The molecule has 1 aliphatic heterocycles. The third-order valence-corrected chi connectivity index (χ3v) is 5.35. The van der Waals surface area contributed by atoms with Crippen molar-refractivity contribution in [2.45, 2.75) is 72.4 Å². The van der Waals surface area contributed by atoms with E-state index in [4.69, 9.17) is 11.6 Å². The first-order chi connectivity index (χ1) is 12.7. The predicted octanol–water partition coefficient (Wildman–Crippen LogP) is 4.80. The van der Waals surface area contributed by atoms with Gasteiger partial charge in [0.25, 0.3) is 0 Å². The van der Waals surface area contributed by atoms with E-state index in [0.29, 0.717) is 31.0 Å². The number of carbonyl (C=O) groups is 2. The van der Waals surface area contributed by atoms with Crippen molar-refractivity contribution in [3.63, 3.8) is 0 Å². The molecule has 1 fully saturated rings. The molecule has 150 valence electrons. The van der Waals surface area contributed by atoms with Gasteiger partial charge in [-0.2, -0.15) is 0 Å². The number of hydrogen-bond acceptors (Lipinski definition) is 2. The number of halogens is 1. The summed E-state index contributed by atoms with van der Waals surface area (Å²) >= 11 is 6.33. The minimum absolute atomic E-state index is 0.0359. The van der Waals surface area contributed by atoms with Crippen LogP contribution in [0, 0.1) is 11.3 Å². The molecule has 27 heavy (non-hydrogen) atoms. The van der Waals surface area contributed by atoms with Gasteiger partial charge in [-0.05, 0) is 48.6 Å². The summed E-state index contributed by atoms with van der Waals surface area (Å²) < 4.78 is 0. The first kappa shape index (κ1) is 21.7. The van der Waals surface area contributed by atoms with Gasteiger partial charge in [0.2, 0.25) is 11.8 Å². The van der Waals surface area contributed by atoms with Crippen molar-refractivity contribution in [3.05, 3.63) is 34.9 Å². The molecule has 1 aliphatic rings. The molecule has 1 N–H and O–H groups in total. The standard InChI is InChI=1S/C22H33ClN2O2/c1-16(14-22(2,3)4)13-20(26)25(15-17-9-5-6-10-18(17)23)19-11-7-8-12-24-21(19)27/h5-6,9-10,16,19H,7-8,11-15H2,1-4H3,(H,24,27). The summed E-state index contributed by atoms with van der Waals surface area (Å²) in [5, 5.41) is 3.59. The minimum Gasteiger partial charge on any atom is -0.354 e. The molecule has 5 heteroatoms. The van der Waals surface area contributed by atoms with Gasteiger partial charge in [-0.25, -0.2) is 0 Å². The Bertz CT molecular complexity index is 654. The van der Waals surface area contributed by atoms with Crippen LogP contribution < -0.4 is 5.32 Å². The van der Waals surface area contributed by atoms with Gasteiger partial charge in [0.1, 0.15) is 6.04 Å². The fourth-order valence-electron chi connectivity index (χ4n) is 3.94. The normalized spacial score (nSPS) is 19.1. The summed E-state index contributed by atoms with van der Waals surface area (Å²) in [7, 11) is 0. The Morgan fingerprint density at radius 2 is 2.00 bits per heavy atom. The summed E-state index contributed by atoms with van der Waals surface area (Å²) in [6, 6.07) is 7.13. The zero-order valence-electron chi connectivity index (χ0n) is 17.1. The van der Waals surface area contributed by atoms with E-state index in [2.05, 4.69) is 33.0 Å². The van der Waals surface area contributed by atoms with E-state index in [0.717, 1.165) is 24.8 Å². The Morgan fingerprint density at radius 1 is 1.30 bits per heavy atom. The largest absolute Gasteiger partial charge is 0.354 e. The van der Waals surface area contributed by atoms with Crippen molar-refractivity contribution in [1.82, 2.24) is 10.2 Å². The maximum Gasteiger partial charge on any atom is 0.242 e.